The van der Waals surface area contributed by atoms with Crippen LogP contribution in [0, 0.1) is 0 Å². The summed E-state index contributed by atoms with van der Waals surface area (Å²) in [6, 6.07) is 15.3. The number of carbonyl (C=O) groups excluding carboxylic acids is 1. The largest absolute Gasteiger partial charge is 0.497 e. The third-order valence-electron chi connectivity index (χ3n) is 5.21. The Kier molecular flexibility index (Phi) is 7.18. The molecule has 1 unspecified atom stereocenters. The van der Waals surface area contributed by atoms with E-state index in [1.165, 1.54) is 5.56 Å². The average Bonchev–Trinajstić information content (AvgIpc) is 3.25. The summed E-state index contributed by atoms with van der Waals surface area (Å²) in [6.07, 6.45) is -0.0463. The fourth-order valence-electron chi connectivity index (χ4n) is 3.21. The molecule has 0 spiro atoms. The van der Waals surface area contributed by atoms with Crippen LogP contribution in [-0.4, -0.2) is 41.2 Å². The first kappa shape index (κ1) is 23.3. The van der Waals surface area contributed by atoms with Crippen LogP contribution in [0.25, 0.3) is 11.4 Å². The Hall–Kier alpha value is -3.35. The van der Waals surface area contributed by atoms with Crippen molar-refractivity contribution in [3.05, 3.63) is 60.0 Å². The second kappa shape index (κ2) is 9.85. The molecule has 7 nitrogen and oxygen atoms in total. The van der Waals surface area contributed by atoms with Gasteiger partial charge in [0.1, 0.15) is 11.5 Å². The number of methoxy groups -OCH3 is 1. The molecular weight excluding hydrogens is 406 g/mol. The van der Waals surface area contributed by atoms with E-state index in [0.717, 1.165) is 11.3 Å². The van der Waals surface area contributed by atoms with Gasteiger partial charge in [-0.2, -0.15) is 4.98 Å². The van der Waals surface area contributed by atoms with Crippen molar-refractivity contribution in [2.75, 3.05) is 14.2 Å². The van der Waals surface area contributed by atoms with E-state index in [-0.39, 0.29) is 17.9 Å². The van der Waals surface area contributed by atoms with Crippen LogP contribution in [0.1, 0.15) is 45.6 Å². The topological polar surface area (TPSA) is 77.7 Å². The van der Waals surface area contributed by atoms with Gasteiger partial charge in [0.25, 0.3) is 5.91 Å². The highest BCUT2D eigenvalue weighted by molar-refractivity contribution is 5.81. The molecule has 1 heterocycles. The summed E-state index contributed by atoms with van der Waals surface area (Å²) in [5, 5.41) is 4.02. The lowest BCUT2D eigenvalue weighted by atomic mass is 9.87. The molecule has 0 N–H and O–H groups in total. The maximum atomic E-state index is 13.0. The van der Waals surface area contributed by atoms with Crippen molar-refractivity contribution in [1.82, 2.24) is 15.0 Å². The van der Waals surface area contributed by atoms with E-state index < -0.39 is 6.10 Å². The number of nitrogens with zero attached hydrogens (tertiary/aromatic N) is 3. The van der Waals surface area contributed by atoms with Crippen molar-refractivity contribution < 1.29 is 18.8 Å². The molecule has 0 aliphatic carbocycles. The van der Waals surface area contributed by atoms with Gasteiger partial charge in [-0.25, -0.2) is 0 Å². The first-order valence-corrected chi connectivity index (χ1v) is 10.7. The smallest absolute Gasteiger partial charge is 0.263 e. The Morgan fingerprint density at radius 1 is 1.06 bits per heavy atom. The van der Waals surface area contributed by atoms with Crippen LogP contribution < -0.4 is 9.47 Å². The molecule has 0 aliphatic rings. The van der Waals surface area contributed by atoms with Gasteiger partial charge in [-0.1, -0.05) is 45.0 Å². The normalized spacial score (nSPS) is 12.3. The van der Waals surface area contributed by atoms with E-state index in [9.17, 15) is 4.79 Å². The molecule has 0 saturated carbocycles. The van der Waals surface area contributed by atoms with Gasteiger partial charge in [0.05, 0.1) is 13.7 Å². The minimum atomic E-state index is -0.593. The van der Waals surface area contributed by atoms with Crippen molar-refractivity contribution in [3.63, 3.8) is 0 Å². The second-order valence-corrected chi connectivity index (χ2v) is 8.72. The first-order valence-electron chi connectivity index (χ1n) is 10.7. The zero-order valence-corrected chi connectivity index (χ0v) is 19.6. The van der Waals surface area contributed by atoms with Gasteiger partial charge in [0, 0.05) is 12.6 Å². The maximum absolute atomic E-state index is 13.0. The quantitative estimate of drug-likeness (QED) is 0.501. The number of ether oxygens (including phenoxy) is 2. The van der Waals surface area contributed by atoms with E-state index in [1.54, 1.807) is 19.1 Å². The molecule has 1 aromatic heterocycles. The van der Waals surface area contributed by atoms with Crippen molar-refractivity contribution in [1.29, 1.82) is 0 Å². The van der Waals surface area contributed by atoms with Crippen molar-refractivity contribution in [3.8, 4) is 22.9 Å². The molecule has 0 bridgehead atoms. The molecule has 3 aromatic rings. The zero-order chi connectivity index (χ0) is 23.3. The van der Waals surface area contributed by atoms with Crippen LogP contribution in [0.3, 0.4) is 0 Å². The number of benzene rings is 2. The van der Waals surface area contributed by atoms with Gasteiger partial charge < -0.3 is 18.9 Å². The fourth-order valence-corrected chi connectivity index (χ4v) is 3.21. The van der Waals surface area contributed by atoms with Gasteiger partial charge in [0.15, 0.2) is 6.10 Å². The van der Waals surface area contributed by atoms with Crippen LogP contribution >= 0.6 is 0 Å². The number of aromatic nitrogens is 2. The third kappa shape index (κ3) is 5.66. The molecule has 2 aromatic carbocycles. The number of rotatable bonds is 8. The summed E-state index contributed by atoms with van der Waals surface area (Å²) in [6.45, 7) is 8.61. The Morgan fingerprint density at radius 3 is 2.25 bits per heavy atom. The zero-order valence-electron chi connectivity index (χ0n) is 19.6. The van der Waals surface area contributed by atoms with Crippen molar-refractivity contribution >= 4 is 5.91 Å². The van der Waals surface area contributed by atoms with Crippen LogP contribution in [0.5, 0.6) is 11.5 Å². The molecule has 0 radical (unpaired) electrons. The molecule has 7 heteroatoms. The number of hydrogen-bond donors (Lipinski definition) is 0. The van der Waals surface area contributed by atoms with E-state index in [1.807, 2.05) is 55.5 Å². The Labute approximate surface area is 189 Å². The average molecular weight is 438 g/mol. The number of hydrogen-bond acceptors (Lipinski definition) is 6. The Bertz CT molecular complexity index is 1020. The second-order valence-electron chi connectivity index (χ2n) is 8.72. The maximum Gasteiger partial charge on any atom is 0.263 e. The van der Waals surface area contributed by atoms with Crippen LogP contribution in [0.15, 0.2) is 53.1 Å². The number of likely N-dealkylation sites (N-methyl/N-ethyl adjacent to an activating group) is 1. The van der Waals surface area contributed by atoms with E-state index in [0.29, 0.717) is 23.9 Å². The molecule has 1 amide bonds. The molecule has 0 fully saturated rings. The predicted molar refractivity (Wildman–Crippen MR) is 123 cm³/mol. The SMILES string of the molecule is CCC(Oc1ccc(C(C)(C)C)cc1)C(=O)N(C)Cc1nc(-c2ccc(OC)cc2)no1. The highest BCUT2D eigenvalue weighted by Crippen LogP contribution is 2.25. The molecule has 170 valence electrons. The van der Waals surface area contributed by atoms with Crippen LogP contribution in [-0.2, 0) is 16.8 Å². The minimum Gasteiger partial charge on any atom is -0.497 e. The summed E-state index contributed by atoms with van der Waals surface area (Å²) in [4.78, 5) is 18.9. The summed E-state index contributed by atoms with van der Waals surface area (Å²) in [5.41, 5.74) is 2.08. The molecule has 0 aliphatic heterocycles. The molecule has 1 atom stereocenters. The lowest BCUT2D eigenvalue weighted by Gasteiger charge is -2.23. The van der Waals surface area contributed by atoms with Crippen LogP contribution in [0.4, 0.5) is 0 Å². The molecular formula is C25H31N3O4. The van der Waals surface area contributed by atoms with Crippen molar-refractivity contribution in [2.24, 2.45) is 0 Å². The minimum absolute atomic E-state index is 0.0630. The van der Waals surface area contributed by atoms with E-state index in [4.69, 9.17) is 14.0 Å². The lowest BCUT2D eigenvalue weighted by Crippen LogP contribution is -2.39. The van der Waals surface area contributed by atoms with Gasteiger partial charge in [-0.05, 0) is 53.8 Å². The third-order valence-corrected chi connectivity index (χ3v) is 5.21. The van der Waals surface area contributed by atoms with Gasteiger partial charge in [-0.15, -0.1) is 0 Å². The number of carbonyl (C=O) groups is 1. The van der Waals surface area contributed by atoms with Gasteiger partial charge >= 0.3 is 0 Å². The van der Waals surface area contributed by atoms with E-state index >= 15 is 0 Å². The number of amides is 1. The molecule has 32 heavy (non-hydrogen) atoms. The lowest BCUT2D eigenvalue weighted by molar-refractivity contribution is -0.138. The van der Waals surface area contributed by atoms with Gasteiger partial charge in [0.2, 0.25) is 11.7 Å². The Balaban J connectivity index is 1.63. The fraction of sp³-hybridized carbons (Fsp3) is 0.400. The van der Waals surface area contributed by atoms with E-state index in [2.05, 4.69) is 30.9 Å². The Morgan fingerprint density at radius 2 is 1.69 bits per heavy atom. The predicted octanol–water partition coefficient (Wildman–Crippen LogP) is 4.86. The van der Waals surface area contributed by atoms with Crippen LogP contribution in [0.2, 0.25) is 0 Å². The molecule has 0 saturated heterocycles. The highest BCUT2D eigenvalue weighted by Gasteiger charge is 2.24. The van der Waals surface area contributed by atoms with Gasteiger partial charge in [-0.3, -0.25) is 4.79 Å². The summed E-state index contributed by atoms with van der Waals surface area (Å²) >= 11 is 0. The first-order chi connectivity index (χ1) is 15.2. The van der Waals surface area contributed by atoms with Crippen molar-refractivity contribution in [2.45, 2.75) is 52.2 Å². The highest BCUT2D eigenvalue weighted by atomic mass is 16.5. The summed E-state index contributed by atoms with van der Waals surface area (Å²) in [7, 11) is 3.32. The monoisotopic (exact) mass is 437 g/mol. The summed E-state index contributed by atoms with van der Waals surface area (Å²) < 4.78 is 16.5. The molecule has 3 rings (SSSR count). The summed E-state index contributed by atoms with van der Waals surface area (Å²) in [5.74, 6) is 2.10. The standard InChI is InChI=1S/C25H31N3O4/c1-7-21(31-20-14-10-18(11-15-20)25(2,3)4)24(29)28(5)16-22-26-23(27-32-22)17-8-12-19(30-6)13-9-17/h8-15,21H,7,16H2,1-6H3.